The molecule has 1 aliphatic heterocycles. The summed E-state index contributed by atoms with van der Waals surface area (Å²) in [6.45, 7) is 0.390. The fourth-order valence-corrected chi connectivity index (χ4v) is 2.07. The first kappa shape index (κ1) is 13.2. The molecule has 6 nitrogen and oxygen atoms in total. The molecule has 1 heterocycles. The van der Waals surface area contributed by atoms with E-state index in [1.54, 1.807) is 13.2 Å². The Kier molecular flexibility index (Phi) is 3.89. The van der Waals surface area contributed by atoms with Crippen LogP contribution in [0.5, 0.6) is 5.75 Å². The third-order valence-electron chi connectivity index (χ3n) is 3.02. The highest BCUT2D eigenvalue weighted by atomic mass is 16.6. The predicted molar refractivity (Wildman–Crippen MR) is 65.9 cm³/mol. The second-order valence-corrected chi connectivity index (χ2v) is 4.27. The molecule has 0 aliphatic carbocycles. The highest BCUT2D eigenvalue weighted by Crippen LogP contribution is 2.24. The maximum Gasteiger partial charge on any atom is 0.410 e. The van der Waals surface area contributed by atoms with E-state index >= 15 is 0 Å². The standard InChI is InChI=1S/C13H15NO5/c1-18-11-5-3-2-4-9(11)7-14-10(6-12(15)16)8-19-13(14)17/h2-5,10H,6-8H2,1H3,(H,15,16). The monoisotopic (exact) mass is 265 g/mol. The smallest absolute Gasteiger partial charge is 0.410 e. The molecule has 0 aromatic heterocycles. The molecule has 0 spiro atoms. The minimum absolute atomic E-state index is 0.111. The number of para-hydroxylation sites is 1. The summed E-state index contributed by atoms with van der Waals surface area (Å²) in [6.07, 6.45) is -0.613. The van der Waals surface area contributed by atoms with Crippen LogP contribution in [-0.4, -0.2) is 41.8 Å². The molecule has 1 saturated heterocycles. The van der Waals surface area contributed by atoms with Crippen LogP contribution in [0, 0.1) is 0 Å². The van der Waals surface area contributed by atoms with Gasteiger partial charge >= 0.3 is 12.1 Å². The first-order valence-electron chi connectivity index (χ1n) is 5.89. The SMILES string of the molecule is COc1ccccc1CN1C(=O)OCC1CC(=O)O. The fraction of sp³-hybridized carbons (Fsp3) is 0.385. The predicted octanol–water partition coefficient (Wildman–Crippen LogP) is 1.49. The van der Waals surface area contributed by atoms with E-state index in [1.165, 1.54) is 4.90 Å². The van der Waals surface area contributed by atoms with Crippen LogP contribution in [0.1, 0.15) is 12.0 Å². The number of carboxylic acids is 1. The molecular weight excluding hydrogens is 250 g/mol. The van der Waals surface area contributed by atoms with Crippen LogP contribution in [0.25, 0.3) is 0 Å². The number of cyclic esters (lactones) is 1. The van der Waals surface area contributed by atoms with E-state index in [0.717, 1.165) is 5.56 Å². The quantitative estimate of drug-likeness (QED) is 0.872. The Morgan fingerprint density at radius 1 is 1.53 bits per heavy atom. The molecule has 1 aromatic carbocycles. The summed E-state index contributed by atoms with van der Waals surface area (Å²) < 4.78 is 10.1. The molecule has 0 saturated carbocycles. The van der Waals surface area contributed by atoms with Gasteiger partial charge in [-0.2, -0.15) is 0 Å². The van der Waals surface area contributed by atoms with E-state index in [0.29, 0.717) is 5.75 Å². The molecule has 0 radical (unpaired) electrons. The molecule has 0 bridgehead atoms. The number of nitrogens with zero attached hydrogens (tertiary/aromatic N) is 1. The maximum atomic E-state index is 11.6. The molecule has 1 amide bonds. The first-order valence-corrected chi connectivity index (χ1v) is 5.89. The van der Waals surface area contributed by atoms with Crippen molar-refractivity contribution in [2.75, 3.05) is 13.7 Å². The summed E-state index contributed by atoms with van der Waals surface area (Å²) >= 11 is 0. The fourth-order valence-electron chi connectivity index (χ4n) is 2.07. The Bertz CT molecular complexity index is 488. The number of aliphatic carboxylic acids is 1. The summed E-state index contributed by atoms with van der Waals surface area (Å²) in [5.41, 5.74) is 0.819. The van der Waals surface area contributed by atoms with Crippen LogP contribution in [0.3, 0.4) is 0 Å². The lowest BCUT2D eigenvalue weighted by molar-refractivity contribution is -0.138. The second-order valence-electron chi connectivity index (χ2n) is 4.27. The topological polar surface area (TPSA) is 76.1 Å². The Morgan fingerprint density at radius 3 is 2.95 bits per heavy atom. The summed E-state index contributed by atoms with van der Waals surface area (Å²) in [5.74, 6) is -0.287. The Balaban J connectivity index is 2.15. The van der Waals surface area contributed by atoms with Gasteiger partial charge in [-0.3, -0.25) is 9.69 Å². The van der Waals surface area contributed by atoms with Crippen molar-refractivity contribution in [2.45, 2.75) is 19.0 Å². The number of carbonyl (C=O) groups excluding carboxylic acids is 1. The van der Waals surface area contributed by atoms with Crippen LogP contribution in [0.4, 0.5) is 4.79 Å². The molecule has 1 N–H and O–H groups in total. The summed E-state index contributed by atoms with van der Waals surface area (Å²) in [7, 11) is 1.55. The van der Waals surface area contributed by atoms with Crippen LogP contribution in [0.15, 0.2) is 24.3 Å². The maximum absolute atomic E-state index is 11.6. The number of methoxy groups -OCH3 is 1. The van der Waals surface area contributed by atoms with Crippen molar-refractivity contribution in [3.8, 4) is 5.75 Å². The third kappa shape index (κ3) is 2.96. The Labute approximate surface area is 110 Å². The van der Waals surface area contributed by atoms with Crippen LogP contribution >= 0.6 is 0 Å². The number of carboxylic acid groups (broad SMARTS) is 1. The lowest BCUT2D eigenvalue weighted by Gasteiger charge is -2.21. The molecule has 1 atom stereocenters. The lowest BCUT2D eigenvalue weighted by atomic mass is 10.1. The van der Waals surface area contributed by atoms with Gasteiger partial charge in [0.25, 0.3) is 0 Å². The summed E-state index contributed by atoms with van der Waals surface area (Å²) in [5, 5.41) is 8.83. The van der Waals surface area contributed by atoms with Crippen molar-refractivity contribution in [3.05, 3.63) is 29.8 Å². The molecule has 2 rings (SSSR count). The molecular formula is C13H15NO5. The summed E-state index contributed by atoms with van der Waals surface area (Å²) in [4.78, 5) is 23.8. The van der Waals surface area contributed by atoms with Gasteiger partial charge in [0.1, 0.15) is 12.4 Å². The highest BCUT2D eigenvalue weighted by molar-refractivity contribution is 5.73. The number of hydrogen-bond donors (Lipinski definition) is 1. The first-order chi connectivity index (χ1) is 9.11. The largest absolute Gasteiger partial charge is 0.496 e. The minimum atomic E-state index is -0.951. The van der Waals surface area contributed by atoms with E-state index in [1.807, 2.05) is 18.2 Å². The highest BCUT2D eigenvalue weighted by Gasteiger charge is 2.34. The molecule has 1 aromatic rings. The average Bonchev–Trinajstić information content (AvgIpc) is 2.71. The number of ether oxygens (including phenoxy) is 2. The molecule has 1 unspecified atom stereocenters. The molecule has 1 aliphatic rings. The van der Waals surface area contributed by atoms with Gasteiger partial charge in [0, 0.05) is 5.56 Å². The number of carbonyl (C=O) groups is 2. The van der Waals surface area contributed by atoms with Gasteiger partial charge in [-0.1, -0.05) is 18.2 Å². The zero-order valence-corrected chi connectivity index (χ0v) is 10.5. The number of benzene rings is 1. The van der Waals surface area contributed by atoms with E-state index < -0.39 is 18.1 Å². The minimum Gasteiger partial charge on any atom is -0.496 e. The van der Waals surface area contributed by atoms with E-state index in [4.69, 9.17) is 14.6 Å². The van der Waals surface area contributed by atoms with Gasteiger partial charge in [0.15, 0.2) is 0 Å². The summed E-state index contributed by atoms with van der Waals surface area (Å²) in [6, 6.07) is 6.87. The van der Waals surface area contributed by atoms with E-state index in [9.17, 15) is 9.59 Å². The number of amides is 1. The van der Waals surface area contributed by atoms with Crippen molar-refractivity contribution in [2.24, 2.45) is 0 Å². The normalized spacial score (nSPS) is 18.3. The van der Waals surface area contributed by atoms with Gasteiger partial charge in [-0.05, 0) is 6.07 Å². The van der Waals surface area contributed by atoms with Crippen LogP contribution in [-0.2, 0) is 16.1 Å². The molecule has 1 fully saturated rings. The van der Waals surface area contributed by atoms with E-state index in [-0.39, 0.29) is 19.6 Å². The third-order valence-corrected chi connectivity index (χ3v) is 3.02. The Morgan fingerprint density at radius 2 is 2.26 bits per heavy atom. The van der Waals surface area contributed by atoms with Crippen molar-refractivity contribution in [1.29, 1.82) is 0 Å². The van der Waals surface area contributed by atoms with Gasteiger partial charge in [-0.25, -0.2) is 4.79 Å². The van der Waals surface area contributed by atoms with Gasteiger partial charge in [0.2, 0.25) is 0 Å². The van der Waals surface area contributed by atoms with Gasteiger partial charge in [-0.15, -0.1) is 0 Å². The second kappa shape index (κ2) is 5.60. The number of hydrogen-bond acceptors (Lipinski definition) is 4. The van der Waals surface area contributed by atoms with Crippen molar-refractivity contribution < 1.29 is 24.2 Å². The van der Waals surface area contributed by atoms with E-state index in [2.05, 4.69) is 0 Å². The lowest BCUT2D eigenvalue weighted by Crippen LogP contribution is -2.34. The Hall–Kier alpha value is -2.24. The van der Waals surface area contributed by atoms with Crippen molar-refractivity contribution in [1.82, 2.24) is 4.90 Å². The van der Waals surface area contributed by atoms with Crippen molar-refractivity contribution >= 4 is 12.1 Å². The molecule has 6 heteroatoms. The zero-order valence-electron chi connectivity index (χ0n) is 10.5. The number of rotatable bonds is 5. The average molecular weight is 265 g/mol. The van der Waals surface area contributed by atoms with Crippen LogP contribution < -0.4 is 4.74 Å². The zero-order chi connectivity index (χ0) is 13.8. The van der Waals surface area contributed by atoms with Gasteiger partial charge < -0.3 is 14.6 Å². The molecule has 19 heavy (non-hydrogen) atoms. The van der Waals surface area contributed by atoms with Gasteiger partial charge in [0.05, 0.1) is 26.1 Å². The van der Waals surface area contributed by atoms with Crippen molar-refractivity contribution in [3.63, 3.8) is 0 Å². The van der Waals surface area contributed by atoms with Crippen LogP contribution in [0.2, 0.25) is 0 Å². The molecule has 102 valence electrons.